The Balaban J connectivity index is 2.60. The molecule has 2 N–H and O–H groups in total. The van der Waals surface area contributed by atoms with E-state index in [9.17, 15) is 9.59 Å². The monoisotopic (exact) mass is 295 g/mol. The van der Waals surface area contributed by atoms with E-state index in [4.69, 9.17) is 10.5 Å². The molecule has 0 bridgehead atoms. The van der Waals surface area contributed by atoms with Crippen LogP contribution >= 0.6 is 11.3 Å². The molecule has 0 atom stereocenters. The van der Waals surface area contributed by atoms with Crippen LogP contribution in [0.25, 0.3) is 5.69 Å². The lowest BCUT2D eigenvalue weighted by atomic mass is 10.3. The van der Waals surface area contributed by atoms with Crippen LogP contribution in [-0.2, 0) is 9.47 Å². The summed E-state index contributed by atoms with van der Waals surface area (Å²) < 4.78 is 10.9. The average Bonchev–Trinajstić information content (AvgIpc) is 3.01. The maximum absolute atomic E-state index is 11.7. The Kier molecular flexibility index (Phi) is 3.75. The Labute approximate surface area is 118 Å². The molecular formula is C12H13N3O4S. The molecule has 0 aromatic carbocycles. The van der Waals surface area contributed by atoms with Gasteiger partial charge in [0.2, 0.25) is 0 Å². The summed E-state index contributed by atoms with van der Waals surface area (Å²) in [4.78, 5) is 27.8. The van der Waals surface area contributed by atoms with Crippen molar-refractivity contribution in [3.63, 3.8) is 0 Å². The van der Waals surface area contributed by atoms with Gasteiger partial charge in [0.15, 0.2) is 5.69 Å². The molecule has 8 heteroatoms. The van der Waals surface area contributed by atoms with Gasteiger partial charge in [-0.15, -0.1) is 11.3 Å². The quantitative estimate of drug-likeness (QED) is 0.860. The van der Waals surface area contributed by atoms with Crippen LogP contribution in [0.1, 0.15) is 26.0 Å². The Bertz CT molecular complexity index is 674. The lowest BCUT2D eigenvalue weighted by molar-refractivity contribution is 0.0591. The molecular weight excluding hydrogens is 282 g/mol. The molecule has 0 radical (unpaired) electrons. The molecule has 20 heavy (non-hydrogen) atoms. The number of aryl methyl sites for hydroxylation is 1. The molecule has 0 saturated carbocycles. The van der Waals surface area contributed by atoms with Crippen molar-refractivity contribution >= 4 is 29.1 Å². The van der Waals surface area contributed by atoms with Crippen LogP contribution in [0.15, 0.2) is 11.4 Å². The van der Waals surface area contributed by atoms with Gasteiger partial charge in [0, 0.05) is 0 Å². The number of carbonyl (C=O) groups excluding carboxylic acids is 2. The fourth-order valence-corrected chi connectivity index (χ4v) is 2.62. The smallest absolute Gasteiger partial charge is 0.360 e. The summed E-state index contributed by atoms with van der Waals surface area (Å²) in [7, 11) is 2.55. The number of nitrogen functional groups attached to an aromatic ring is 1. The molecule has 0 aliphatic heterocycles. The third kappa shape index (κ3) is 2.14. The second-order valence-electron chi connectivity index (χ2n) is 3.85. The number of anilines is 1. The maximum atomic E-state index is 11.7. The van der Waals surface area contributed by atoms with E-state index in [1.807, 2.05) is 0 Å². The van der Waals surface area contributed by atoms with Crippen molar-refractivity contribution in [2.45, 2.75) is 6.92 Å². The van der Waals surface area contributed by atoms with Crippen molar-refractivity contribution in [1.82, 2.24) is 9.55 Å². The largest absolute Gasteiger partial charge is 0.465 e. The second-order valence-corrected chi connectivity index (χ2v) is 4.76. The van der Waals surface area contributed by atoms with E-state index in [0.29, 0.717) is 16.4 Å². The van der Waals surface area contributed by atoms with Crippen molar-refractivity contribution in [1.29, 1.82) is 0 Å². The molecule has 2 rings (SSSR count). The summed E-state index contributed by atoms with van der Waals surface area (Å²) in [6.45, 7) is 1.68. The van der Waals surface area contributed by atoms with Crippen molar-refractivity contribution in [3.05, 3.63) is 27.8 Å². The number of nitrogens with zero attached hydrogens (tertiary/aromatic N) is 2. The highest BCUT2D eigenvalue weighted by Crippen LogP contribution is 2.27. The highest BCUT2D eigenvalue weighted by molar-refractivity contribution is 7.12. The number of thiophene rings is 1. The van der Waals surface area contributed by atoms with Gasteiger partial charge in [0.1, 0.15) is 16.5 Å². The Hall–Kier alpha value is -2.35. The zero-order chi connectivity index (χ0) is 14.9. The number of rotatable bonds is 3. The fourth-order valence-electron chi connectivity index (χ4n) is 1.82. The Morgan fingerprint density at radius 3 is 2.55 bits per heavy atom. The SMILES string of the molecule is COC(=O)c1nc(C)n(-c2ccsc2C(=O)OC)c1N. The van der Waals surface area contributed by atoms with Crippen LogP contribution in [0.5, 0.6) is 0 Å². The van der Waals surface area contributed by atoms with Gasteiger partial charge in [-0.2, -0.15) is 0 Å². The third-order valence-corrected chi connectivity index (χ3v) is 3.60. The van der Waals surface area contributed by atoms with Gasteiger partial charge in [-0.05, 0) is 18.4 Å². The average molecular weight is 295 g/mol. The highest BCUT2D eigenvalue weighted by atomic mass is 32.1. The topological polar surface area (TPSA) is 96.4 Å². The van der Waals surface area contributed by atoms with Gasteiger partial charge in [-0.3, -0.25) is 4.57 Å². The van der Waals surface area contributed by atoms with Crippen LogP contribution in [0.2, 0.25) is 0 Å². The summed E-state index contributed by atoms with van der Waals surface area (Å²) in [5.74, 6) is -0.495. The number of aromatic nitrogens is 2. The minimum atomic E-state index is -0.626. The zero-order valence-electron chi connectivity index (χ0n) is 11.2. The van der Waals surface area contributed by atoms with E-state index in [0.717, 1.165) is 0 Å². The molecule has 0 unspecified atom stereocenters. The standard InChI is InChI=1S/C12H13N3O4S/c1-6-14-8(11(16)18-2)10(13)15(6)7-4-5-20-9(7)12(17)19-3/h4-5H,13H2,1-3H3. The van der Waals surface area contributed by atoms with Gasteiger partial charge >= 0.3 is 11.9 Å². The zero-order valence-corrected chi connectivity index (χ0v) is 12.0. The Morgan fingerprint density at radius 2 is 1.95 bits per heavy atom. The maximum Gasteiger partial charge on any atom is 0.360 e. The van der Waals surface area contributed by atoms with E-state index in [2.05, 4.69) is 9.72 Å². The van der Waals surface area contributed by atoms with E-state index in [-0.39, 0.29) is 11.5 Å². The molecule has 2 aromatic rings. The minimum absolute atomic E-state index is 0.0204. The molecule has 0 aliphatic rings. The predicted octanol–water partition coefficient (Wildman–Crippen LogP) is 1.40. The normalized spacial score (nSPS) is 10.3. The van der Waals surface area contributed by atoms with Gasteiger partial charge < -0.3 is 15.2 Å². The molecule has 106 valence electrons. The van der Waals surface area contributed by atoms with Crippen molar-refractivity contribution in [2.75, 3.05) is 20.0 Å². The molecule has 2 heterocycles. The number of nitrogens with two attached hydrogens (primary N) is 1. The van der Waals surface area contributed by atoms with E-state index in [1.54, 1.807) is 18.4 Å². The van der Waals surface area contributed by atoms with Crippen molar-refractivity contribution in [3.8, 4) is 5.69 Å². The molecule has 0 aliphatic carbocycles. The van der Waals surface area contributed by atoms with Gasteiger partial charge in [0.25, 0.3) is 0 Å². The first-order valence-corrected chi connectivity index (χ1v) is 6.48. The summed E-state index contributed by atoms with van der Waals surface area (Å²) >= 11 is 1.22. The Morgan fingerprint density at radius 1 is 1.30 bits per heavy atom. The lowest BCUT2D eigenvalue weighted by Gasteiger charge is -2.07. The number of methoxy groups -OCH3 is 2. The van der Waals surface area contributed by atoms with Gasteiger partial charge in [0.05, 0.1) is 19.9 Å². The molecule has 0 spiro atoms. The number of imidazole rings is 1. The summed E-state index contributed by atoms with van der Waals surface area (Å²) in [6, 6.07) is 1.71. The fraction of sp³-hybridized carbons (Fsp3) is 0.250. The second kappa shape index (κ2) is 5.33. The van der Waals surface area contributed by atoms with Crippen LogP contribution in [0.4, 0.5) is 5.82 Å². The number of ether oxygens (including phenoxy) is 2. The first-order valence-electron chi connectivity index (χ1n) is 5.60. The number of carbonyl (C=O) groups is 2. The molecule has 7 nitrogen and oxygen atoms in total. The summed E-state index contributed by atoms with van der Waals surface area (Å²) in [5.41, 5.74) is 6.48. The molecule has 0 fully saturated rings. The predicted molar refractivity (Wildman–Crippen MR) is 73.3 cm³/mol. The number of esters is 2. The third-order valence-electron chi connectivity index (χ3n) is 2.72. The number of hydrogen-bond donors (Lipinski definition) is 1. The summed E-state index contributed by atoms with van der Waals surface area (Å²) in [5, 5.41) is 1.73. The molecule has 0 saturated heterocycles. The van der Waals surface area contributed by atoms with Gasteiger partial charge in [-0.1, -0.05) is 0 Å². The van der Waals surface area contributed by atoms with Crippen LogP contribution in [0, 0.1) is 6.92 Å². The van der Waals surface area contributed by atoms with Crippen LogP contribution < -0.4 is 5.73 Å². The summed E-state index contributed by atoms with van der Waals surface area (Å²) in [6.07, 6.45) is 0. The van der Waals surface area contributed by atoms with Crippen molar-refractivity contribution < 1.29 is 19.1 Å². The van der Waals surface area contributed by atoms with Crippen LogP contribution in [0.3, 0.4) is 0 Å². The van der Waals surface area contributed by atoms with Gasteiger partial charge in [-0.25, -0.2) is 14.6 Å². The first-order chi connectivity index (χ1) is 9.51. The highest BCUT2D eigenvalue weighted by Gasteiger charge is 2.24. The minimum Gasteiger partial charge on any atom is -0.465 e. The van der Waals surface area contributed by atoms with Crippen LogP contribution in [-0.4, -0.2) is 35.7 Å². The van der Waals surface area contributed by atoms with Crippen molar-refractivity contribution in [2.24, 2.45) is 0 Å². The molecule has 0 amide bonds. The molecule has 2 aromatic heterocycles. The lowest BCUT2D eigenvalue weighted by Crippen LogP contribution is -2.10. The van der Waals surface area contributed by atoms with E-state index >= 15 is 0 Å². The van der Waals surface area contributed by atoms with E-state index < -0.39 is 11.9 Å². The first kappa shape index (κ1) is 14.1. The number of hydrogen-bond acceptors (Lipinski definition) is 7. The van der Waals surface area contributed by atoms with E-state index in [1.165, 1.54) is 30.1 Å².